The van der Waals surface area contributed by atoms with E-state index in [-0.39, 0.29) is 16.3 Å². The molecular weight excluding hydrogens is 636 g/mol. The summed E-state index contributed by atoms with van der Waals surface area (Å²) in [5, 5.41) is 20.7. The maximum atomic E-state index is 13.5. The van der Waals surface area contributed by atoms with Crippen molar-refractivity contribution in [2.45, 2.75) is 16.1 Å². The van der Waals surface area contributed by atoms with Gasteiger partial charge in [0.15, 0.2) is 4.34 Å². The van der Waals surface area contributed by atoms with Crippen molar-refractivity contribution in [1.29, 1.82) is 0 Å². The lowest BCUT2D eigenvalue weighted by molar-refractivity contribution is -0.132. The van der Waals surface area contributed by atoms with Gasteiger partial charge in [-0.05, 0) is 59.7 Å². The van der Waals surface area contributed by atoms with Gasteiger partial charge in [-0.2, -0.15) is 0 Å². The molecule has 1 amide bonds. The number of nitrogens with zero attached hydrogens (tertiary/aromatic N) is 3. The highest BCUT2D eigenvalue weighted by Gasteiger charge is 2.48. The molecule has 1 aliphatic heterocycles. The number of hydrogen-bond donors (Lipinski definition) is 1. The topological polar surface area (TPSA) is 83.4 Å². The average Bonchev–Trinajstić information content (AvgIpc) is 3.46. The van der Waals surface area contributed by atoms with Crippen LogP contribution in [0.15, 0.2) is 81.1 Å². The Bertz CT molecular complexity index is 1580. The number of benzene rings is 3. The Morgan fingerprint density at radius 1 is 1.05 bits per heavy atom. The Morgan fingerprint density at radius 3 is 2.45 bits per heavy atom. The van der Waals surface area contributed by atoms with Gasteiger partial charge in [-0.1, -0.05) is 80.4 Å². The number of halogens is 4. The van der Waals surface area contributed by atoms with E-state index in [4.69, 9.17) is 23.2 Å². The van der Waals surface area contributed by atoms with Gasteiger partial charge in [0.05, 0.1) is 11.6 Å². The lowest BCUT2D eigenvalue weighted by Gasteiger charge is -2.22. The van der Waals surface area contributed by atoms with Gasteiger partial charge in [-0.25, -0.2) is 4.39 Å². The second kappa shape index (κ2) is 11.2. The lowest BCUT2D eigenvalue weighted by atomic mass is 9.95. The highest BCUT2D eigenvalue weighted by molar-refractivity contribution is 9.10. The molecule has 1 saturated heterocycles. The number of aromatic nitrogens is 2. The molecule has 192 valence electrons. The van der Waals surface area contributed by atoms with Crippen molar-refractivity contribution in [1.82, 2.24) is 10.2 Å². The van der Waals surface area contributed by atoms with E-state index in [0.29, 0.717) is 25.7 Å². The smallest absolute Gasteiger partial charge is 0.301 e. The van der Waals surface area contributed by atoms with Crippen molar-refractivity contribution in [2.75, 3.05) is 4.90 Å². The first-order chi connectivity index (χ1) is 18.2. The molecule has 5 rings (SSSR count). The molecule has 1 aliphatic rings. The van der Waals surface area contributed by atoms with Gasteiger partial charge in [0.1, 0.15) is 11.6 Å². The minimum absolute atomic E-state index is 0.124. The number of carbonyl (C=O) groups excluding carboxylic acids is 2. The predicted octanol–water partition coefficient (Wildman–Crippen LogP) is 7.67. The summed E-state index contributed by atoms with van der Waals surface area (Å²) < 4.78 is 14.8. The molecule has 4 aromatic rings. The van der Waals surface area contributed by atoms with Gasteiger partial charge < -0.3 is 5.11 Å². The third kappa shape index (κ3) is 5.37. The van der Waals surface area contributed by atoms with Crippen molar-refractivity contribution in [3.05, 3.63) is 109 Å². The van der Waals surface area contributed by atoms with Crippen molar-refractivity contribution in [2.24, 2.45) is 0 Å². The van der Waals surface area contributed by atoms with Crippen LogP contribution < -0.4 is 4.90 Å². The zero-order valence-corrected chi connectivity index (χ0v) is 23.8. The van der Waals surface area contributed by atoms with E-state index in [2.05, 4.69) is 26.1 Å². The largest absolute Gasteiger partial charge is 0.507 e. The summed E-state index contributed by atoms with van der Waals surface area (Å²) in [7, 11) is 0. The fourth-order valence-electron chi connectivity index (χ4n) is 3.89. The van der Waals surface area contributed by atoms with Crippen LogP contribution in [-0.2, 0) is 15.3 Å². The second-order valence-corrected chi connectivity index (χ2v) is 12.0. The molecule has 1 aromatic heterocycles. The highest BCUT2D eigenvalue weighted by atomic mass is 79.9. The van der Waals surface area contributed by atoms with Gasteiger partial charge in [-0.15, -0.1) is 10.2 Å². The van der Waals surface area contributed by atoms with E-state index in [1.54, 1.807) is 36.4 Å². The van der Waals surface area contributed by atoms with Crippen LogP contribution in [0, 0.1) is 5.82 Å². The number of amides is 1. The van der Waals surface area contributed by atoms with E-state index in [1.807, 2.05) is 6.07 Å². The molecule has 38 heavy (non-hydrogen) atoms. The first-order valence-corrected chi connectivity index (χ1v) is 14.3. The van der Waals surface area contributed by atoms with Crippen molar-refractivity contribution < 1.29 is 19.1 Å². The summed E-state index contributed by atoms with van der Waals surface area (Å²) in [6.45, 7) is 0. The van der Waals surface area contributed by atoms with Crippen molar-refractivity contribution >= 4 is 84.8 Å². The minimum Gasteiger partial charge on any atom is -0.507 e. The fourth-order valence-corrected chi connectivity index (χ4v) is 6.58. The van der Waals surface area contributed by atoms with Crippen LogP contribution in [0.5, 0.6) is 0 Å². The number of aliphatic hydroxyl groups is 1. The van der Waals surface area contributed by atoms with Gasteiger partial charge >= 0.3 is 5.91 Å². The predicted molar refractivity (Wildman–Crippen MR) is 151 cm³/mol. The quantitative estimate of drug-likeness (QED) is 0.0758. The lowest BCUT2D eigenvalue weighted by Crippen LogP contribution is -2.29. The molecule has 1 atom stereocenters. The van der Waals surface area contributed by atoms with Crippen LogP contribution in [0.3, 0.4) is 0 Å². The summed E-state index contributed by atoms with van der Waals surface area (Å²) in [6, 6.07) is 16.3. The van der Waals surface area contributed by atoms with E-state index < -0.39 is 29.3 Å². The van der Waals surface area contributed by atoms with Gasteiger partial charge in [0.25, 0.3) is 5.78 Å². The monoisotopic (exact) mass is 649 g/mol. The fraction of sp³-hybridized carbons (Fsp3) is 0.0769. The first kappa shape index (κ1) is 26.8. The number of Topliss-reactive ketones (excluding diaryl/α,β-unsaturated/α-hetero) is 1. The van der Waals surface area contributed by atoms with Crippen LogP contribution in [0.1, 0.15) is 22.7 Å². The number of anilines is 1. The van der Waals surface area contributed by atoms with Crippen LogP contribution in [0.4, 0.5) is 9.52 Å². The molecule has 0 aliphatic carbocycles. The number of carbonyl (C=O) groups is 2. The van der Waals surface area contributed by atoms with Gasteiger partial charge in [-0.3, -0.25) is 14.5 Å². The van der Waals surface area contributed by atoms with E-state index in [9.17, 15) is 19.1 Å². The Balaban J connectivity index is 1.52. The van der Waals surface area contributed by atoms with E-state index in [1.165, 1.54) is 40.9 Å². The zero-order chi connectivity index (χ0) is 27.0. The SMILES string of the molecule is O=C1C(=O)N(c2nnc(SCc3ccc(Cl)cc3Cl)s2)C(c2ccc(Br)cc2)/C1=C(/O)c1ccc(F)cc1. The molecule has 0 saturated carbocycles. The average molecular weight is 651 g/mol. The molecule has 1 N–H and O–H groups in total. The van der Waals surface area contributed by atoms with Crippen LogP contribution in [0.2, 0.25) is 10.0 Å². The number of aliphatic hydroxyl groups excluding tert-OH is 1. The highest BCUT2D eigenvalue weighted by Crippen LogP contribution is 2.44. The summed E-state index contributed by atoms with van der Waals surface area (Å²) in [5.74, 6) is -2.14. The summed E-state index contributed by atoms with van der Waals surface area (Å²) in [4.78, 5) is 27.8. The number of ketones is 1. The summed E-state index contributed by atoms with van der Waals surface area (Å²) in [5.41, 5.74) is 1.52. The molecule has 3 aromatic carbocycles. The molecule has 1 fully saturated rings. The van der Waals surface area contributed by atoms with Crippen molar-refractivity contribution in [3.8, 4) is 0 Å². The third-order valence-corrected chi connectivity index (χ3v) is 8.94. The number of hydrogen-bond acceptors (Lipinski definition) is 7. The van der Waals surface area contributed by atoms with Crippen LogP contribution in [-0.4, -0.2) is 27.0 Å². The van der Waals surface area contributed by atoms with E-state index >= 15 is 0 Å². The molecule has 6 nitrogen and oxygen atoms in total. The number of rotatable bonds is 6. The zero-order valence-electron chi connectivity index (χ0n) is 19.1. The van der Waals surface area contributed by atoms with E-state index in [0.717, 1.165) is 21.4 Å². The standard InChI is InChI=1S/C26H15BrCl2FN3O3S2/c27-16-6-1-13(2-7-16)21-20(22(34)14-4-9-18(30)10-5-14)23(35)24(36)33(21)25-31-32-26(38-25)37-12-15-3-8-17(28)11-19(15)29/h1-11,21,34H,12H2/b22-20-. The number of thioether (sulfide) groups is 1. The molecule has 0 bridgehead atoms. The maximum Gasteiger partial charge on any atom is 0.301 e. The Kier molecular flexibility index (Phi) is 7.88. The minimum atomic E-state index is -0.968. The first-order valence-electron chi connectivity index (χ1n) is 11.0. The van der Waals surface area contributed by atoms with Crippen molar-refractivity contribution in [3.63, 3.8) is 0 Å². The Hall–Kier alpha value is -2.76. The normalized spacial score (nSPS) is 16.8. The summed E-state index contributed by atoms with van der Waals surface area (Å²) >= 11 is 18.1. The van der Waals surface area contributed by atoms with Gasteiger partial charge in [0, 0.05) is 25.8 Å². The molecular formula is C26H15BrCl2FN3O3S2. The molecule has 1 unspecified atom stereocenters. The molecule has 2 heterocycles. The molecule has 0 spiro atoms. The molecule has 0 radical (unpaired) electrons. The Morgan fingerprint density at radius 2 is 1.76 bits per heavy atom. The second-order valence-electron chi connectivity index (χ2n) is 8.10. The maximum absolute atomic E-state index is 13.5. The summed E-state index contributed by atoms with van der Waals surface area (Å²) in [6.07, 6.45) is 0. The van der Waals surface area contributed by atoms with Gasteiger partial charge in [0.2, 0.25) is 5.13 Å². The van der Waals surface area contributed by atoms with Crippen LogP contribution in [0.25, 0.3) is 5.76 Å². The van der Waals surface area contributed by atoms with Crippen LogP contribution >= 0.6 is 62.2 Å². The molecule has 12 heteroatoms. The third-order valence-electron chi connectivity index (χ3n) is 5.72. The Labute approximate surface area is 243 Å².